The van der Waals surface area contributed by atoms with Crippen molar-refractivity contribution in [3.8, 4) is 0 Å². The van der Waals surface area contributed by atoms with Gasteiger partial charge in [0.1, 0.15) is 18.7 Å². The van der Waals surface area contributed by atoms with Crippen molar-refractivity contribution >= 4 is 18.0 Å². The molecular formula is C27H32N2O5. The number of fused-ring (bicyclic) bond motifs is 1. The Bertz CT molecular complexity index is 1000. The minimum atomic E-state index is -0.770. The van der Waals surface area contributed by atoms with Crippen LogP contribution in [0.25, 0.3) is 0 Å². The van der Waals surface area contributed by atoms with Crippen LogP contribution in [0.1, 0.15) is 48.8 Å². The smallest absolute Gasteiger partial charge is 0.411 e. The highest BCUT2D eigenvalue weighted by molar-refractivity contribution is 5.90. The SMILES string of the molecule is COC(=O)[C@H](NC(=O)[C@@H]1Cc2ccccc2CN1C(=O)OCc1ccccc1)C1CCCCC1. The molecule has 0 bridgehead atoms. The molecule has 2 aromatic rings. The summed E-state index contributed by atoms with van der Waals surface area (Å²) in [5.74, 6) is -0.749. The maximum atomic E-state index is 13.5. The third-order valence-corrected chi connectivity index (χ3v) is 6.86. The van der Waals surface area contributed by atoms with Crippen LogP contribution in [-0.2, 0) is 38.6 Å². The largest absolute Gasteiger partial charge is 0.467 e. The Morgan fingerprint density at radius 2 is 1.65 bits per heavy atom. The molecule has 34 heavy (non-hydrogen) atoms. The maximum absolute atomic E-state index is 13.5. The predicted octanol–water partition coefficient (Wildman–Crippen LogP) is 3.99. The first kappa shape index (κ1) is 23.8. The standard InChI is InChI=1S/C27H32N2O5/c1-33-26(31)24(20-12-6-3-7-13-20)28-25(30)23-16-21-14-8-9-15-22(21)17-29(23)27(32)34-18-19-10-4-2-5-11-19/h2,4-5,8-11,14-15,20,23-24H,3,6-7,12-13,16-18H2,1H3,(H,28,30)/t23-,24+/m0/s1. The maximum Gasteiger partial charge on any atom is 0.411 e. The van der Waals surface area contributed by atoms with Crippen molar-refractivity contribution in [3.63, 3.8) is 0 Å². The van der Waals surface area contributed by atoms with Gasteiger partial charge in [0.25, 0.3) is 0 Å². The van der Waals surface area contributed by atoms with E-state index in [-0.39, 0.29) is 25.0 Å². The summed E-state index contributed by atoms with van der Waals surface area (Å²) in [5, 5.41) is 2.93. The Hall–Kier alpha value is -3.35. The van der Waals surface area contributed by atoms with Crippen molar-refractivity contribution in [3.05, 3.63) is 71.3 Å². The molecule has 4 rings (SSSR count). The fraction of sp³-hybridized carbons (Fsp3) is 0.444. The van der Waals surface area contributed by atoms with Crippen LogP contribution in [0.4, 0.5) is 4.79 Å². The number of benzene rings is 2. The van der Waals surface area contributed by atoms with Crippen LogP contribution in [-0.4, -0.2) is 42.1 Å². The van der Waals surface area contributed by atoms with Gasteiger partial charge in [0.15, 0.2) is 0 Å². The van der Waals surface area contributed by atoms with Crippen molar-refractivity contribution in [2.75, 3.05) is 7.11 Å². The van der Waals surface area contributed by atoms with Crippen molar-refractivity contribution in [2.45, 2.75) is 63.8 Å². The lowest BCUT2D eigenvalue weighted by Gasteiger charge is -2.37. The number of methoxy groups -OCH3 is 1. The van der Waals surface area contributed by atoms with Gasteiger partial charge in [-0.15, -0.1) is 0 Å². The number of carbonyl (C=O) groups is 3. The molecule has 0 saturated heterocycles. The second-order valence-corrected chi connectivity index (χ2v) is 9.06. The summed E-state index contributed by atoms with van der Waals surface area (Å²) in [4.78, 5) is 40.6. The summed E-state index contributed by atoms with van der Waals surface area (Å²) >= 11 is 0. The summed E-state index contributed by atoms with van der Waals surface area (Å²) in [5.41, 5.74) is 2.87. The fourth-order valence-corrected chi connectivity index (χ4v) is 4.96. The topological polar surface area (TPSA) is 84.9 Å². The van der Waals surface area contributed by atoms with Gasteiger partial charge in [-0.1, -0.05) is 73.9 Å². The fourth-order valence-electron chi connectivity index (χ4n) is 4.96. The highest BCUT2D eigenvalue weighted by atomic mass is 16.6. The Morgan fingerprint density at radius 1 is 0.971 bits per heavy atom. The molecule has 1 N–H and O–H groups in total. The predicted molar refractivity (Wildman–Crippen MR) is 127 cm³/mol. The van der Waals surface area contributed by atoms with Crippen molar-refractivity contribution in [1.29, 1.82) is 0 Å². The summed E-state index contributed by atoms with van der Waals surface area (Å²) in [6, 6.07) is 15.7. The Morgan fingerprint density at radius 3 is 2.35 bits per heavy atom. The molecule has 2 amide bonds. The molecule has 1 fully saturated rings. The lowest BCUT2D eigenvalue weighted by molar-refractivity contribution is -0.147. The monoisotopic (exact) mass is 464 g/mol. The van der Waals surface area contributed by atoms with Crippen LogP contribution < -0.4 is 5.32 Å². The van der Waals surface area contributed by atoms with Crippen LogP contribution in [0.3, 0.4) is 0 Å². The minimum Gasteiger partial charge on any atom is -0.467 e. The molecule has 2 atom stereocenters. The third-order valence-electron chi connectivity index (χ3n) is 6.86. The van der Waals surface area contributed by atoms with Gasteiger partial charge in [0.05, 0.1) is 13.7 Å². The number of ether oxygens (including phenoxy) is 2. The second kappa shape index (κ2) is 11.2. The molecule has 1 heterocycles. The van der Waals surface area contributed by atoms with Crippen LogP contribution in [0.15, 0.2) is 54.6 Å². The van der Waals surface area contributed by atoms with Gasteiger partial charge >= 0.3 is 12.1 Å². The molecule has 7 nitrogen and oxygen atoms in total. The molecule has 0 radical (unpaired) electrons. The molecule has 180 valence electrons. The van der Waals surface area contributed by atoms with Gasteiger partial charge in [0.2, 0.25) is 5.91 Å². The first-order valence-corrected chi connectivity index (χ1v) is 12.0. The molecule has 0 unspecified atom stereocenters. The van der Waals surface area contributed by atoms with Gasteiger partial charge < -0.3 is 14.8 Å². The lowest BCUT2D eigenvalue weighted by atomic mass is 9.83. The first-order chi connectivity index (χ1) is 16.6. The van der Waals surface area contributed by atoms with E-state index < -0.39 is 24.1 Å². The minimum absolute atomic E-state index is 0.0412. The van der Waals surface area contributed by atoms with E-state index in [9.17, 15) is 14.4 Å². The number of hydrogen-bond donors (Lipinski definition) is 1. The van der Waals surface area contributed by atoms with E-state index in [0.717, 1.165) is 48.8 Å². The number of hydrogen-bond acceptors (Lipinski definition) is 5. The molecule has 7 heteroatoms. The number of amides is 2. The van der Waals surface area contributed by atoms with Crippen molar-refractivity contribution in [1.82, 2.24) is 10.2 Å². The molecule has 2 aromatic carbocycles. The molecule has 1 aliphatic heterocycles. The van der Waals surface area contributed by atoms with Crippen molar-refractivity contribution < 1.29 is 23.9 Å². The molecular weight excluding hydrogens is 432 g/mol. The van der Waals surface area contributed by atoms with Crippen LogP contribution in [0.5, 0.6) is 0 Å². The van der Waals surface area contributed by atoms with Crippen molar-refractivity contribution in [2.24, 2.45) is 5.92 Å². The zero-order valence-electron chi connectivity index (χ0n) is 19.6. The highest BCUT2D eigenvalue weighted by Crippen LogP contribution is 2.28. The lowest BCUT2D eigenvalue weighted by Crippen LogP contribution is -2.57. The quantitative estimate of drug-likeness (QED) is 0.654. The van der Waals surface area contributed by atoms with Crippen LogP contribution in [0.2, 0.25) is 0 Å². The molecule has 2 aliphatic rings. The molecule has 0 aromatic heterocycles. The highest BCUT2D eigenvalue weighted by Gasteiger charge is 2.39. The van der Waals surface area contributed by atoms with Crippen LogP contribution in [0, 0.1) is 5.92 Å². The van der Waals surface area contributed by atoms with Gasteiger partial charge in [-0.05, 0) is 35.4 Å². The van der Waals surface area contributed by atoms with E-state index in [0.29, 0.717) is 6.42 Å². The molecule has 0 spiro atoms. The average molecular weight is 465 g/mol. The number of nitrogens with one attached hydrogen (secondary N) is 1. The van der Waals surface area contributed by atoms with Gasteiger partial charge in [-0.25, -0.2) is 9.59 Å². The Kier molecular flexibility index (Phi) is 7.83. The average Bonchev–Trinajstić information content (AvgIpc) is 2.90. The summed E-state index contributed by atoms with van der Waals surface area (Å²) in [6.45, 7) is 0.396. The number of esters is 1. The summed E-state index contributed by atoms with van der Waals surface area (Å²) < 4.78 is 10.6. The second-order valence-electron chi connectivity index (χ2n) is 9.06. The van der Waals surface area contributed by atoms with E-state index in [4.69, 9.17) is 9.47 Å². The van der Waals surface area contributed by atoms with Gasteiger partial charge in [0, 0.05) is 6.42 Å². The van der Waals surface area contributed by atoms with Gasteiger partial charge in [-0.3, -0.25) is 9.69 Å². The van der Waals surface area contributed by atoms with E-state index in [2.05, 4.69) is 5.32 Å². The van der Waals surface area contributed by atoms with Crippen LogP contribution >= 0.6 is 0 Å². The van der Waals surface area contributed by atoms with E-state index >= 15 is 0 Å². The summed E-state index contributed by atoms with van der Waals surface area (Å²) in [6.07, 6.45) is 4.75. The summed E-state index contributed by atoms with van der Waals surface area (Å²) in [7, 11) is 1.34. The Labute approximate surface area is 200 Å². The Balaban J connectivity index is 1.52. The number of carbonyl (C=O) groups excluding carboxylic acids is 3. The number of nitrogens with zero attached hydrogens (tertiary/aromatic N) is 1. The zero-order valence-corrected chi connectivity index (χ0v) is 19.6. The molecule has 1 aliphatic carbocycles. The normalized spacial score (nSPS) is 19.0. The van der Waals surface area contributed by atoms with E-state index in [1.165, 1.54) is 12.0 Å². The molecule has 1 saturated carbocycles. The number of rotatable bonds is 6. The van der Waals surface area contributed by atoms with Gasteiger partial charge in [-0.2, -0.15) is 0 Å². The third kappa shape index (κ3) is 5.58. The first-order valence-electron chi connectivity index (χ1n) is 12.0. The van der Waals surface area contributed by atoms with E-state index in [1.807, 2.05) is 54.6 Å². The van der Waals surface area contributed by atoms with E-state index in [1.54, 1.807) is 0 Å². The zero-order chi connectivity index (χ0) is 23.9.